The summed E-state index contributed by atoms with van der Waals surface area (Å²) in [6.07, 6.45) is 12.0. The first-order chi connectivity index (χ1) is 19.3. The van der Waals surface area contributed by atoms with Gasteiger partial charge in [0.05, 0.1) is 10.9 Å². The van der Waals surface area contributed by atoms with E-state index in [1.54, 1.807) is 0 Å². The summed E-state index contributed by atoms with van der Waals surface area (Å²) >= 11 is 6.45. The Balaban J connectivity index is 1.47. The number of fused-ring (bicyclic) bond motifs is 5. The maximum Gasteiger partial charge on any atom is 0.228 e. The summed E-state index contributed by atoms with van der Waals surface area (Å²) in [4.78, 5) is 18.4. The number of aromatic nitrogens is 5. The normalized spacial score (nSPS) is 14.1. The molecule has 206 valence electrons. The van der Waals surface area contributed by atoms with Gasteiger partial charge in [0.2, 0.25) is 11.2 Å². The summed E-state index contributed by atoms with van der Waals surface area (Å²) in [7, 11) is -1.21. The molecule has 1 aliphatic rings. The summed E-state index contributed by atoms with van der Waals surface area (Å²) in [6, 6.07) is 11.9. The highest BCUT2D eigenvalue weighted by molar-refractivity contribution is 6.76. The zero-order valence-electron chi connectivity index (χ0n) is 23.3. The molecule has 6 rings (SSSR count). The number of hydrogen-bond donors (Lipinski definition) is 0. The van der Waals surface area contributed by atoms with Crippen molar-refractivity contribution in [3.05, 3.63) is 77.1 Å². The molecule has 5 heterocycles. The SMILES string of the molecule is C[Si](C)(C)CCOCn1cc2c3c(nc(Cl)nc31)OCc1cncc(c1)CCCCc1cnc3ccc-2cc3c1. The van der Waals surface area contributed by atoms with Gasteiger partial charge in [-0.1, -0.05) is 25.7 Å². The maximum absolute atomic E-state index is 6.45. The Morgan fingerprint density at radius 2 is 1.77 bits per heavy atom. The van der Waals surface area contributed by atoms with Crippen LogP contribution in [0.4, 0.5) is 0 Å². The lowest BCUT2D eigenvalue weighted by Gasteiger charge is -2.15. The van der Waals surface area contributed by atoms with Gasteiger partial charge in [-0.15, -0.1) is 0 Å². The van der Waals surface area contributed by atoms with E-state index in [1.807, 2.05) is 23.2 Å². The Labute approximate surface area is 240 Å². The van der Waals surface area contributed by atoms with E-state index in [-0.39, 0.29) is 5.28 Å². The van der Waals surface area contributed by atoms with Gasteiger partial charge in [-0.25, -0.2) is 0 Å². The second-order valence-electron chi connectivity index (χ2n) is 11.8. The second-order valence-corrected chi connectivity index (χ2v) is 17.8. The molecule has 0 saturated heterocycles. The van der Waals surface area contributed by atoms with Crippen molar-refractivity contribution in [1.29, 1.82) is 0 Å². The Morgan fingerprint density at radius 3 is 2.60 bits per heavy atom. The van der Waals surface area contributed by atoms with Crippen LogP contribution in [0.15, 0.2) is 55.1 Å². The third-order valence-electron chi connectivity index (χ3n) is 7.34. The van der Waals surface area contributed by atoms with Crippen LogP contribution in [0, 0.1) is 0 Å². The van der Waals surface area contributed by atoms with E-state index >= 15 is 0 Å². The van der Waals surface area contributed by atoms with E-state index in [9.17, 15) is 0 Å². The van der Waals surface area contributed by atoms with Gasteiger partial charge in [0.1, 0.15) is 13.3 Å². The van der Waals surface area contributed by atoms with Crippen LogP contribution < -0.4 is 4.74 Å². The van der Waals surface area contributed by atoms with Gasteiger partial charge in [0.15, 0.2) is 5.65 Å². The van der Waals surface area contributed by atoms with Gasteiger partial charge in [-0.05, 0) is 84.3 Å². The van der Waals surface area contributed by atoms with Crippen LogP contribution in [0.5, 0.6) is 5.88 Å². The highest BCUT2D eigenvalue weighted by atomic mass is 35.5. The van der Waals surface area contributed by atoms with Crippen molar-refractivity contribution in [1.82, 2.24) is 24.5 Å². The first-order valence-corrected chi connectivity index (χ1v) is 18.0. The van der Waals surface area contributed by atoms with Gasteiger partial charge in [-0.2, -0.15) is 9.97 Å². The number of ether oxygens (including phenoxy) is 2. The van der Waals surface area contributed by atoms with Crippen LogP contribution in [-0.2, 0) is 30.9 Å². The molecule has 0 spiro atoms. The fourth-order valence-corrected chi connectivity index (χ4v) is 6.05. The summed E-state index contributed by atoms with van der Waals surface area (Å²) in [5.41, 5.74) is 7.13. The molecule has 0 unspecified atom stereocenters. The van der Waals surface area contributed by atoms with Crippen molar-refractivity contribution in [2.45, 2.75) is 64.7 Å². The first kappa shape index (κ1) is 26.9. The molecular formula is C31H34ClN5O2Si. The lowest BCUT2D eigenvalue weighted by molar-refractivity contribution is 0.0899. The van der Waals surface area contributed by atoms with Crippen molar-refractivity contribution in [2.75, 3.05) is 6.61 Å². The fraction of sp³-hybridized carbons (Fsp3) is 0.355. The van der Waals surface area contributed by atoms with Crippen LogP contribution in [-0.4, -0.2) is 39.2 Å². The molecule has 0 aliphatic carbocycles. The molecule has 0 N–H and O–H groups in total. The molecular weight excluding hydrogens is 538 g/mol. The van der Waals surface area contributed by atoms with E-state index in [1.165, 1.54) is 11.1 Å². The number of rotatable bonds is 5. The smallest absolute Gasteiger partial charge is 0.228 e. The summed E-state index contributed by atoms with van der Waals surface area (Å²) in [5, 5.41) is 2.07. The predicted molar refractivity (Wildman–Crippen MR) is 163 cm³/mol. The third-order valence-corrected chi connectivity index (χ3v) is 9.21. The molecule has 5 bridgehead atoms. The number of hydrogen-bond acceptors (Lipinski definition) is 6. The Morgan fingerprint density at radius 1 is 0.975 bits per heavy atom. The molecule has 1 aliphatic heterocycles. The Hall–Kier alpha value is -3.33. The van der Waals surface area contributed by atoms with Crippen LogP contribution >= 0.6 is 11.6 Å². The molecule has 1 aromatic carbocycles. The first-order valence-electron chi connectivity index (χ1n) is 13.9. The van der Waals surface area contributed by atoms with Gasteiger partial charge in [0.25, 0.3) is 0 Å². The minimum Gasteiger partial charge on any atom is -0.472 e. The zero-order chi connectivity index (χ0) is 27.7. The molecule has 0 fully saturated rings. The van der Waals surface area contributed by atoms with Crippen molar-refractivity contribution in [3.8, 4) is 17.0 Å². The van der Waals surface area contributed by atoms with Crippen molar-refractivity contribution < 1.29 is 9.47 Å². The number of aryl methyl sites for hydroxylation is 2. The number of pyridine rings is 2. The molecule has 40 heavy (non-hydrogen) atoms. The molecule has 4 aromatic heterocycles. The van der Waals surface area contributed by atoms with Crippen LogP contribution in [0.3, 0.4) is 0 Å². The van der Waals surface area contributed by atoms with Gasteiger partial charge in [-0.3, -0.25) is 9.97 Å². The second kappa shape index (κ2) is 11.3. The van der Waals surface area contributed by atoms with Gasteiger partial charge < -0.3 is 14.0 Å². The van der Waals surface area contributed by atoms with E-state index in [2.05, 4.69) is 71.1 Å². The largest absolute Gasteiger partial charge is 0.472 e. The lowest BCUT2D eigenvalue weighted by Crippen LogP contribution is -2.22. The van der Waals surface area contributed by atoms with Crippen molar-refractivity contribution in [3.63, 3.8) is 0 Å². The molecule has 9 heteroatoms. The number of benzene rings is 1. The predicted octanol–water partition coefficient (Wildman–Crippen LogP) is 7.47. The highest BCUT2D eigenvalue weighted by Crippen LogP contribution is 2.37. The topological polar surface area (TPSA) is 75.0 Å². The van der Waals surface area contributed by atoms with Crippen molar-refractivity contribution >= 4 is 41.6 Å². The zero-order valence-corrected chi connectivity index (χ0v) is 25.0. The van der Waals surface area contributed by atoms with Crippen LogP contribution in [0.1, 0.15) is 29.5 Å². The van der Waals surface area contributed by atoms with E-state index in [0.717, 1.165) is 64.7 Å². The monoisotopic (exact) mass is 571 g/mol. The average Bonchev–Trinajstić information content (AvgIpc) is 3.29. The fourth-order valence-electron chi connectivity index (χ4n) is 5.14. The Kier molecular flexibility index (Phi) is 7.57. The molecule has 0 saturated carbocycles. The van der Waals surface area contributed by atoms with E-state index in [0.29, 0.717) is 31.5 Å². The maximum atomic E-state index is 6.45. The van der Waals surface area contributed by atoms with Crippen LogP contribution in [0.2, 0.25) is 31.0 Å². The van der Waals surface area contributed by atoms with Crippen molar-refractivity contribution in [2.24, 2.45) is 0 Å². The van der Waals surface area contributed by atoms with Gasteiger partial charge in [0, 0.05) is 56.0 Å². The minimum atomic E-state index is -1.21. The van der Waals surface area contributed by atoms with E-state index < -0.39 is 8.07 Å². The molecule has 0 amide bonds. The van der Waals surface area contributed by atoms with Crippen LogP contribution in [0.25, 0.3) is 33.1 Å². The number of nitrogens with zero attached hydrogens (tertiary/aromatic N) is 5. The third kappa shape index (κ3) is 6.04. The molecule has 0 atom stereocenters. The molecule has 0 radical (unpaired) electrons. The quantitative estimate of drug-likeness (QED) is 0.124. The minimum absolute atomic E-state index is 0.139. The number of halogens is 1. The lowest BCUT2D eigenvalue weighted by atomic mass is 10.0. The van der Waals surface area contributed by atoms with Gasteiger partial charge >= 0.3 is 0 Å². The Bertz CT molecular complexity index is 1680. The molecule has 5 aromatic rings. The standard InChI is InChI=1S/C31H34ClN5O2Si/c1-40(2,3)11-10-38-20-37-18-26-24-8-9-27-25(14-24)13-22(17-34-27)7-5-4-6-21-12-23(16-33-15-21)19-39-30-28(26)29(37)35-31(32)36-30/h8-9,12-18H,4-7,10-11,19-20H2,1-3H3. The molecule has 7 nitrogen and oxygen atoms in total. The summed E-state index contributed by atoms with van der Waals surface area (Å²) in [6.45, 7) is 8.47. The van der Waals surface area contributed by atoms with E-state index in [4.69, 9.17) is 26.1 Å². The summed E-state index contributed by atoms with van der Waals surface area (Å²) in [5.74, 6) is 0.451. The average molecular weight is 572 g/mol. The summed E-state index contributed by atoms with van der Waals surface area (Å²) < 4.78 is 14.5. The highest BCUT2D eigenvalue weighted by Gasteiger charge is 2.21.